The lowest BCUT2D eigenvalue weighted by molar-refractivity contribution is 0.0899. The van der Waals surface area contributed by atoms with Crippen LogP contribution in [0.2, 0.25) is 25.7 Å². The van der Waals surface area contributed by atoms with E-state index >= 15 is 0 Å². The van der Waals surface area contributed by atoms with Gasteiger partial charge in [0.05, 0.1) is 17.9 Å². The smallest absolute Gasteiger partial charge is 0.299 e. The molecule has 7 aromatic heterocycles. The highest BCUT2D eigenvalue weighted by Crippen LogP contribution is 2.34. The summed E-state index contributed by atoms with van der Waals surface area (Å²) in [5.74, 6) is 0.0607. The molecule has 13 nitrogen and oxygen atoms in total. The molecule has 0 aromatic carbocycles. The van der Waals surface area contributed by atoms with Crippen LogP contribution in [0.1, 0.15) is 12.5 Å². The molecule has 0 radical (unpaired) electrons. The summed E-state index contributed by atoms with van der Waals surface area (Å²) in [5, 5.41) is 5.48. The number of hydrogen-bond acceptors (Lipinski definition) is 11. The van der Waals surface area contributed by atoms with Gasteiger partial charge in [-0.15, -0.1) is 0 Å². The maximum Gasteiger partial charge on any atom is 0.299 e. The normalized spacial score (nSPS) is 15.7. The highest BCUT2D eigenvalue weighted by molar-refractivity contribution is 7.71. The zero-order valence-electron chi connectivity index (χ0n) is 27.5. The molecule has 1 unspecified atom stereocenters. The molecule has 0 saturated carbocycles. The predicted octanol–water partition coefficient (Wildman–Crippen LogP) is 7.07. The number of ether oxygens (including phenoxy) is 1. The monoisotopic (exact) mass is 700 g/mol. The van der Waals surface area contributed by atoms with Crippen LogP contribution in [0.25, 0.3) is 44.8 Å². The van der Waals surface area contributed by atoms with E-state index in [-0.39, 0.29) is 5.92 Å². The second-order valence-corrected chi connectivity index (χ2v) is 19.2. The second-order valence-electron chi connectivity index (χ2n) is 13.2. The molecule has 7 aromatic rings. The highest BCUT2D eigenvalue weighted by atomic mass is 32.1. The Labute approximate surface area is 287 Å². The van der Waals surface area contributed by atoms with Gasteiger partial charge in [0.15, 0.2) is 0 Å². The summed E-state index contributed by atoms with van der Waals surface area (Å²) in [6, 6.07) is 10.6. The third-order valence-corrected chi connectivity index (χ3v) is 10.4. The van der Waals surface area contributed by atoms with Crippen LogP contribution in [0.15, 0.2) is 76.5 Å². The molecule has 1 saturated heterocycles. The third-order valence-electron chi connectivity index (χ3n) is 8.55. The number of nitrogens with one attached hydrogen (secondary N) is 1. The fraction of sp³-hybridized carbons (Fsp3) is 0.364. The molecule has 0 aliphatic carbocycles. The van der Waals surface area contributed by atoms with Crippen molar-refractivity contribution >= 4 is 59.8 Å². The number of oxazole rings is 2. The first kappa shape index (κ1) is 32.7. The summed E-state index contributed by atoms with van der Waals surface area (Å²) in [5.41, 5.74) is 5.05. The Morgan fingerprint density at radius 3 is 2.71 bits per heavy atom. The van der Waals surface area contributed by atoms with Crippen LogP contribution in [-0.2, 0) is 11.5 Å². The molecule has 8 rings (SSSR count). The van der Waals surface area contributed by atoms with E-state index in [0.717, 1.165) is 58.9 Å². The molecular weight excluding hydrogens is 664 g/mol. The molecule has 0 spiro atoms. The van der Waals surface area contributed by atoms with Gasteiger partial charge in [-0.1, -0.05) is 19.6 Å². The summed E-state index contributed by atoms with van der Waals surface area (Å²) >= 11 is 4.75. The van der Waals surface area contributed by atoms with Crippen molar-refractivity contribution in [2.75, 3.05) is 31.3 Å². The Morgan fingerprint density at radius 2 is 1.92 bits per heavy atom. The SMILES string of the molecule is C[Si](C)(C)CCOCn1ccc2c(-c3cnn(C(CF)[C@H]4CCN(c5nc6cccnc6o5)C4)c3)ncnc21.S=c1[nH]c2cccnc2o1. The number of hydrogen-bond donors (Lipinski definition) is 1. The van der Waals surface area contributed by atoms with Gasteiger partial charge in [0.2, 0.25) is 11.4 Å². The fourth-order valence-electron chi connectivity index (χ4n) is 5.89. The maximum absolute atomic E-state index is 14.4. The van der Waals surface area contributed by atoms with E-state index in [1.807, 2.05) is 47.3 Å². The molecule has 1 N–H and O–H groups in total. The Hall–Kier alpha value is -4.80. The molecule has 1 aliphatic rings. The largest absolute Gasteiger partial charge is 0.410 e. The third kappa shape index (κ3) is 7.30. The van der Waals surface area contributed by atoms with E-state index in [1.165, 1.54) is 0 Å². The Kier molecular flexibility index (Phi) is 9.33. The molecule has 8 heterocycles. The van der Waals surface area contributed by atoms with Gasteiger partial charge in [-0.05, 0) is 55.0 Å². The molecule has 2 atom stereocenters. The summed E-state index contributed by atoms with van der Waals surface area (Å²) in [7, 11) is -1.14. The first-order chi connectivity index (χ1) is 23.8. The Morgan fingerprint density at radius 1 is 1.08 bits per heavy atom. The minimum Gasteiger partial charge on any atom is -0.410 e. The number of nitrogens with zero attached hydrogens (tertiary/aromatic N) is 9. The fourth-order valence-corrected chi connectivity index (χ4v) is 6.84. The van der Waals surface area contributed by atoms with Gasteiger partial charge in [-0.3, -0.25) is 4.68 Å². The molecule has 16 heteroatoms. The van der Waals surface area contributed by atoms with Crippen LogP contribution >= 0.6 is 12.2 Å². The van der Waals surface area contributed by atoms with Gasteiger partial charge in [0, 0.05) is 69.4 Å². The van der Waals surface area contributed by atoms with Gasteiger partial charge in [0.1, 0.15) is 36.4 Å². The minimum atomic E-state index is -1.14. The van der Waals surface area contributed by atoms with Crippen molar-refractivity contribution in [2.45, 2.75) is 44.9 Å². The van der Waals surface area contributed by atoms with Gasteiger partial charge < -0.3 is 28.0 Å². The van der Waals surface area contributed by atoms with Crippen LogP contribution in [0.3, 0.4) is 0 Å². The zero-order chi connectivity index (χ0) is 34.0. The van der Waals surface area contributed by atoms with Crippen molar-refractivity contribution in [2.24, 2.45) is 5.92 Å². The van der Waals surface area contributed by atoms with Crippen LogP contribution in [0, 0.1) is 10.8 Å². The summed E-state index contributed by atoms with van der Waals surface area (Å²) < 4.78 is 34.9. The average molecular weight is 701 g/mol. The van der Waals surface area contributed by atoms with Gasteiger partial charge >= 0.3 is 0 Å². The van der Waals surface area contributed by atoms with E-state index in [0.29, 0.717) is 35.6 Å². The zero-order valence-corrected chi connectivity index (χ0v) is 29.3. The number of anilines is 1. The number of rotatable bonds is 10. The molecule has 1 aliphatic heterocycles. The van der Waals surface area contributed by atoms with Crippen molar-refractivity contribution in [3.8, 4) is 11.3 Å². The van der Waals surface area contributed by atoms with Crippen LogP contribution in [0.5, 0.6) is 0 Å². The average Bonchev–Trinajstić information content (AvgIpc) is 3.93. The van der Waals surface area contributed by atoms with E-state index in [2.05, 4.69) is 59.5 Å². The molecule has 0 amide bonds. The Bertz CT molecular complexity index is 2170. The van der Waals surface area contributed by atoms with Crippen molar-refractivity contribution in [3.05, 3.63) is 72.5 Å². The summed E-state index contributed by atoms with van der Waals surface area (Å²) in [6.07, 6.45) is 11.3. The first-order valence-corrected chi connectivity index (χ1v) is 20.3. The topological polar surface area (TPSA) is 142 Å². The number of pyridine rings is 2. The number of aromatic amines is 1. The molecule has 49 heavy (non-hydrogen) atoms. The lowest BCUT2D eigenvalue weighted by atomic mass is 10.0. The van der Waals surface area contributed by atoms with E-state index in [4.69, 9.17) is 25.8 Å². The number of fused-ring (bicyclic) bond motifs is 3. The minimum absolute atomic E-state index is 0.0607. The molecular formula is C33H37FN10O3SSi. The van der Waals surface area contributed by atoms with Crippen LogP contribution in [-0.4, -0.2) is 78.7 Å². The quantitative estimate of drug-likeness (QED) is 0.0890. The van der Waals surface area contributed by atoms with E-state index in [1.54, 1.807) is 29.6 Å². The number of aromatic nitrogens is 9. The number of halogens is 1. The first-order valence-electron chi connectivity index (χ1n) is 16.1. The Balaban J connectivity index is 0.000000322. The van der Waals surface area contributed by atoms with Crippen LogP contribution in [0.4, 0.5) is 10.4 Å². The van der Waals surface area contributed by atoms with Crippen molar-refractivity contribution < 1.29 is 18.0 Å². The number of H-pyrrole nitrogens is 1. The maximum atomic E-state index is 14.4. The van der Waals surface area contributed by atoms with Crippen molar-refractivity contribution in [1.29, 1.82) is 0 Å². The van der Waals surface area contributed by atoms with Gasteiger partial charge in [-0.25, -0.2) is 24.3 Å². The molecule has 254 valence electrons. The van der Waals surface area contributed by atoms with E-state index < -0.39 is 20.8 Å². The highest BCUT2D eigenvalue weighted by Gasteiger charge is 2.33. The lowest BCUT2D eigenvalue weighted by Gasteiger charge is -2.21. The standard InChI is InChI=1S/C27H33FN8O2Si.C6H4N2OS/c1-39(2,3)12-11-37-18-35-10-7-21-24(30-17-31-25(21)35)20-14-32-36(16-20)23(13-28)19-6-9-34(15-19)27-33-22-5-4-8-29-26(22)38-27;10-6-8-4-2-1-3-7-5(4)9-6/h4-5,7-8,10,14,16-17,19,23H,6,9,11-13,15,18H2,1-3H3;1-3H,(H,8,10)/t19-,23?;/m0./s1. The number of alkyl halides is 1. The van der Waals surface area contributed by atoms with Crippen molar-refractivity contribution in [3.63, 3.8) is 0 Å². The van der Waals surface area contributed by atoms with Crippen LogP contribution < -0.4 is 4.90 Å². The summed E-state index contributed by atoms with van der Waals surface area (Å²) in [6.45, 7) is 9.07. The van der Waals surface area contributed by atoms with Gasteiger partial charge in [-0.2, -0.15) is 10.1 Å². The molecule has 1 fully saturated rings. The second kappa shape index (κ2) is 14.0. The van der Waals surface area contributed by atoms with Crippen molar-refractivity contribution in [1.82, 2.24) is 44.3 Å². The molecule has 0 bridgehead atoms. The predicted molar refractivity (Wildman–Crippen MR) is 189 cm³/mol. The van der Waals surface area contributed by atoms with Gasteiger partial charge in [0.25, 0.3) is 10.9 Å². The lowest BCUT2D eigenvalue weighted by Crippen LogP contribution is -2.26. The summed E-state index contributed by atoms with van der Waals surface area (Å²) in [4.78, 5) is 27.0. The van der Waals surface area contributed by atoms with E-state index in [9.17, 15) is 4.39 Å².